The van der Waals surface area contributed by atoms with Gasteiger partial charge in [0, 0.05) is 31.2 Å². The number of rotatable bonds is 9. The second kappa shape index (κ2) is 6.57. The van der Waals surface area contributed by atoms with E-state index in [-0.39, 0.29) is 0 Å². The van der Waals surface area contributed by atoms with Crippen LogP contribution in [0.25, 0.3) is 0 Å². The van der Waals surface area contributed by atoms with E-state index in [1.54, 1.807) is 0 Å². The Kier molecular flexibility index (Phi) is 4.79. The van der Waals surface area contributed by atoms with Gasteiger partial charge in [-0.3, -0.25) is 4.90 Å². The molecular formula is C15H22N2O. The Morgan fingerprint density at radius 3 is 2.67 bits per heavy atom. The topological polar surface area (TPSA) is 28.4 Å². The van der Waals surface area contributed by atoms with Crippen molar-refractivity contribution < 1.29 is 4.42 Å². The quantitative estimate of drug-likeness (QED) is 0.679. The molecule has 3 heteroatoms. The second-order valence-electron chi connectivity index (χ2n) is 4.85. The van der Waals surface area contributed by atoms with Gasteiger partial charge in [0.05, 0.1) is 12.8 Å². The molecule has 0 amide bonds. The molecule has 1 heterocycles. The summed E-state index contributed by atoms with van der Waals surface area (Å²) in [5, 5.41) is 3.48. The smallest absolute Gasteiger partial charge is 0.118 e. The molecule has 3 nitrogen and oxygen atoms in total. The average molecular weight is 246 g/mol. The van der Waals surface area contributed by atoms with Crippen molar-refractivity contribution in [3.63, 3.8) is 0 Å². The number of hydrogen-bond donors (Lipinski definition) is 1. The molecule has 1 fully saturated rings. The lowest BCUT2D eigenvalue weighted by molar-refractivity contribution is 0.295. The first-order valence-electron chi connectivity index (χ1n) is 6.55. The van der Waals surface area contributed by atoms with Gasteiger partial charge < -0.3 is 9.73 Å². The minimum atomic E-state index is 0.737. The van der Waals surface area contributed by atoms with Gasteiger partial charge in [-0.1, -0.05) is 12.2 Å². The van der Waals surface area contributed by atoms with Crippen LogP contribution in [-0.4, -0.2) is 24.0 Å². The summed E-state index contributed by atoms with van der Waals surface area (Å²) in [6.07, 6.45) is 8.29. The highest BCUT2D eigenvalue weighted by molar-refractivity contribution is 5.13. The molecule has 0 aromatic carbocycles. The highest BCUT2D eigenvalue weighted by Crippen LogP contribution is 2.20. The first-order chi connectivity index (χ1) is 8.81. The van der Waals surface area contributed by atoms with Crippen LogP contribution in [-0.2, 0) is 13.1 Å². The minimum absolute atomic E-state index is 0.737. The standard InChI is InChI=1S/C15H22N2O/c1-3-7-17(8-4-2)11-15-9-13(12-18-15)10-16-14-5-6-14/h3-4,9,12,14,16H,1-2,5-8,10-11H2. The molecule has 1 aliphatic carbocycles. The molecule has 2 rings (SSSR count). The summed E-state index contributed by atoms with van der Waals surface area (Å²) in [7, 11) is 0. The van der Waals surface area contributed by atoms with Crippen molar-refractivity contribution in [2.45, 2.75) is 32.0 Å². The number of furan rings is 1. The van der Waals surface area contributed by atoms with Crippen molar-refractivity contribution >= 4 is 0 Å². The first-order valence-corrected chi connectivity index (χ1v) is 6.55. The summed E-state index contributed by atoms with van der Waals surface area (Å²) in [6.45, 7) is 11.0. The van der Waals surface area contributed by atoms with Crippen molar-refractivity contribution in [1.82, 2.24) is 10.2 Å². The largest absolute Gasteiger partial charge is 0.468 e. The molecule has 0 bridgehead atoms. The van der Waals surface area contributed by atoms with Crippen molar-refractivity contribution in [2.75, 3.05) is 13.1 Å². The van der Waals surface area contributed by atoms with Gasteiger partial charge in [0.1, 0.15) is 5.76 Å². The lowest BCUT2D eigenvalue weighted by Crippen LogP contribution is -2.23. The number of nitrogens with zero attached hydrogens (tertiary/aromatic N) is 1. The Morgan fingerprint density at radius 1 is 1.33 bits per heavy atom. The van der Waals surface area contributed by atoms with Crippen LogP contribution in [0.3, 0.4) is 0 Å². The summed E-state index contributed by atoms with van der Waals surface area (Å²) in [6, 6.07) is 2.87. The zero-order valence-electron chi connectivity index (χ0n) is 10.9. The van der Waals surface area contributed by atoms with E-state index in [0.29, 0.717) is 0 Å². The lowest BCUT2D eigenvalue weighted by Gasteiger charge is -2.16. The van der Waals surface area contributed by atoms with E-state index >= 15 is 0 Å². The predicted octanol–water partition coefficient (Wildman–Crippen LogP) is 2.71. The minimum Gasteiger partial charge on any atom is -0.468 e. The zero-order chi connectivity index (χ0) is 12.8. The van der Waals surface area contributed by atoms with Gasteiger partial charge in [-0.05, 0) is 18.9 Å². The molecule has 1 aromatic heterocycles. The predicted molar refractivity (Wildman–Crippen MR) is 74.2 cm³/mol. The zero-order valence-corrected chi connectivity index (χ0v) is 10.9. The van der Waals surface area contributed by atoms with Crippen LogP contribution in [0.4, 0.5) is 0 Å². The molecule has 0 spiro atoms. The van der Waals surface area contributed by atoms with Crippen LogP contribution in [0.2, 0.25) is 0 Å². The molecule has 1 N–H and O–H groups in total. The third-order valence-corrected chi connectivity index (χ3v) is 3.03. The summed E-state index contributed by atoms with van der Waals surface area (Å²) in [4.78, 5) is 2.23. The summed E-state index contributed by atoms with van der Waals surface area (Å²) in [5.41, 5.74) is 1.23. The third-order valence-electron chi connectivity index (χ3n) is 3.03. The van der Waals surface area contributed by atoms with Gasteiger partial charge in [0.25, 0.3) is 0 Å². The van der Waals surface area contributed by atoms with Crippen molar-refractivity contribution in [3.05, 3.63) is 49.0 Å². The van der Waals surface area contributed by atoms with E-state index in [9.17, 15) is 0 Å². The molecule has 0 aliphatic heterocycles. The summed E-state index contributed by atoms with van der Waals surface area (Å²) >= 11 is 0. The Labute approximate surface area is 109 Å². The van der Waals surface area contributed by atoms with E-state index in [1.807, 2.05) is 18.4 Å². The second-order valence-corrected chi connectivity index (χ2v) is 4.85. The van der Waals surface area contributed by atoms with Crippen LogP contribution in [0.15, 0.2) is 42.1 Å². The highest BCUT2D eigenvalue weighted by atomic mass is 16.3. The highest BCUT2D eigenvalue weighted by Gasteiger charge is 2.20. The fourth-order valence-electron chi connectivity index (χ4n) is 1.94. The first kappa shape index (κ1) is 13.1. The van der Waals surface area contributed by atoms with Gasteiger partial charge in [0.15, 0.2) is 0 Å². The molecule has 0 radical (unpaired) electrons. The van der Waals surface area contributed by atoms with Gasteiger partial charge >= 0.3 is 0 Å². The number of hydrogen-bond acceptors (Lipinski definition) is 3. The molecule has 1 aromatic rings. The Hall–Kier alpha value is -1.32. The fraction of sp³-hybridized carbons (Fsp3) is 0.467. The van der Waals surface area contributed by atoms with Crippen LogP contribution >= 0.6 is 0 Å². The maximum atomic E-state index is 5.59. The van der Waals surface area contributed by atoms with Crippen molar-refractivity contribution in [3.8, 4) is 0 Å². The molecule has 98 valence electrons. The molecule has 0 saturated heterocycles. The Bertz CT molecular complexity index is 383. The van der Waals surface area contributed by atoms with Crippen LogP contribution in [0.5, 0.6) is 0 Å². The SMILES string of the molecule is C=CCN(CC=C)Cc1cc(CNC2CC2)co1. The maximum absolute atomic E-state index is 5.59. The molecule has 1 saturated carbocycles. The van der Waals surface area contributed by atoms with Crippen molar-refractivity contribution in [1.29, 1.82) is 0 Å². The maximum Gasteiger partial charge on any atom is 0.118 e. The van der Waals surface area contributed by atoms with E-state index in [1.165, 1.54) is 18.4 Å². The molecule has 0 unspecified atom stereocenters. The van der Waals surface area contributed by atoms with Gasteiger partial charge in [-0.25, -0.2) is 0 Å². The van der Waals surface area contributed by atoms with E-state index < -0.39 is 0 Å². The van der Waals surface area contributed by atoms with Crippen LogP contribution < -0.4 is 5.32 Å². The number of nitrogens with one attached hydrogen (secondary N) is 1. The normalized spacial score (nSPS) is 14.9. The average Bonchev–Trinajstić information content (AvgIpc) is 3.08. The molecule has 18 heavy (non-hydrogen) atoms. The van der Waals surface area contributed by atoms with Gasteiger partial charge in [-0.15, -0.1) is 13.2 Å². The third kappa shape index (κ3) is 4.17. The molecule has 1 aliphatic rings. The molecular weight excluding hydrogens is 224 g/mol. The Morgan fingerprint density at radius 2 is 2.06 bits per heavy atom. The summed E-state index contributed by atoms with van der Waals surface area (Å²) < 4.78 is 5.59. The molecule has 0 atom stereocenters. The lowest BCUT2D eigenvalue weighted by atomic mass is 10.3. The van der Waals surface area contributed by atoms with E-state index in [4.69, 9.17) is 4.42 Å². The van der Waals surface area contributed by atoms with Crippen LogP contribution in [0, 0.1) is 0 Å². The Balaban J connectivity index is 1.82. The van der Waals surface area contributed by atoms with Crippen molar-refractivity contribution in [2.24, 2.45) is 0 Å². The summed E-state index contributed by atoms with van der Waals surface area (Å²) in [5.74, 6) is 1.01. The van der Waals surface area contributed by atoms with Crippen LogP contribution in [0.1, 0.15) is 24.2 Å². The fourth-order valence-corrected chi connectivity index (χ4v) is 1.94. The van der Waals surface area contributed by atoms with Gasteiger partial charge in [0.2, 0.25) is 0 Å². The van der Waals surface area contributed by atoms with Gasteiger partial charge in [-0.2, -0.15) is 0 Å². The van der Waals surface area contributed by atoms with E-state index in [2.05, 4.69) is 29.4 Å². The monoisotopic (exact) mass is 246 g/mol. The van der Waals surface area contributed by atoms with E-state index in [0.717, 1.165) is 38.0 Å².